The highest BCUT2D eigenvalue weighted by Crippen LogP contribution is 2.26. The SMILES string of the molecule is O=C(c1ccccc1S(=O)(=O)N1CCCCC1)N1CCN(c2ccccc2F)CC1. The van der Waals surface area contributed by atoms with Crippen LogP contribution in [0.5, 0.6) is 0 Å². The van der Waals surface area contributed by atoms with E-state index in [0.29, 0.717) is 45.0 Å². The molecule has 0 bridgehead atoms. The summed E-state index contributed by atoms with van der Waals surface area (Å²) < 4.78 is 41.9. The van der Waals surface area contributed by atoms with Crippen molar-refractivity contribution in [1.29, 1.82) is 0 Å². The molecule has 2 aromatic carbocycles. The molecule has 0 radical (unpaired) electrons. The molecule has 0 saturated carbocycles. The van der Waals surface area contributed by atoms with Crippen LogP contribution in [0, 0.1) is 5.82 Å². The predicted molar refractivity (Wildman–Crippen MR) is 114 cm³/mol. The number of hydrogen-bond donors (Lipinski definition) is 0. The first-order valence-electron chi connectivity index (χ1n) is 10.4. The molecule has 160 valence electrons. The van der Waals surface area contributed by atoms with E-state index in [1.54, 1.807) is 41.3 Å². The first-order chi connectivity index (χ1) is 14.5. The molecule has 2 aromatic rings. The minimum atomic E-state index is -3.71. The van der Waals surface area contributed by atoms with Crippen molar-refractivity contribution in [2.24, 2.45) is 0 Å². The van der Waals surface area contributed by atoms with Crippen molar-refractivity contribution in [3.05, 3.63) is 59.9 Å². The number of sulfonamides is 1. The summed E-state index contributed by atoms with van der Waals surface area (Å²) in [5.74, 6) is -0.574. The van der Waals surface area contributed by atoms with Gasteiger partial charge in [-0.2, -0.15) is 4.31 Å². The second-order valence-electron chi connectivity index (χ2n) is 7.69. The van der Waals surface area contributed by atoms with Gasteiger partial charge in [-0.25, -0.2) is 12.8 Å². The minimum Gasteiger partial charge on any atom is -0.366 e. The van der Waals surface area contributed by atoms with Crippen molar-refractivity contribution < 1.29 is 17.6 Å². The zero-order valence-corrected chi connectivity index (χ0v) is 17.7. The fraction of sp³-hybridized carbons (Fsp3) is 0.409. The number of rotatable bonds is 4. The zero-order valence-electron chi connectivity index (χ0n) is 16.8. The fourth-order valence-corrected chi connectivity index (χ4v) is 5.84. The van der Waals surface area contributed by atoms with Gasteiger partial charge in [0.25, 0.3) is 5.91 Å². The normalized spacial score (nSPS) is 18.4. The summed E-state index contributed by atoms with van der Waals surface area (Å²) in [4.78, 5) is 16.9. The van der Waals surface area contributed by atoms with Crippen LogP contribution in [0.4, 0.5) is 10.1 Å². The van der Waals surface area contributed by atoms with E-state index in [9.17, 15) is 17.6 Å². The van der Waals surface area contributed by atoms with E-state index in [1.165, 1.54) is 16.4 Å². The summed E-state index contributed by atoms with van der Waals surface area (Å²) in [6.45, 7) is 2.79. The van der Waals surface area contributed by atoms with Crippen LogP contribution in [0.15, 0.2) is 53.4 Å². The molecule has 1 amide bonds. The summed E-state index contributed by atoms with van der Waals surface area (Å²) in [5.41, 5.74) is 0.736. The summed E-state index contributed by atoms with van der Waals surface area (Å²) in [7, 11) is -3.71. The molecule has 2 fully saturated rings. The molecular formula is C22H26FN3O3S. The lowest BCUT2D eigenvalue weighted by Gasteiger charge is -2.36. The van der Waals surface area contributed by atoms with E-state index in [2.05, 4.69) is 0 Å². The average Bonchev–Trinajstić information content (AvgIpc) is 2.80. The van der Waals surface area contributed by atoms with E-state index in [-0.39, 0.29) is 22.2 Å². The number of carbonyl (C=O) groups excluding carboxylic acids is 1. The van der Waals surface area contributed by atoms with Gasteiger partial charge >= 0.3 is 0 Å². The Bertz CT molecular complexity index is 1010. The van der Waals surface area contributed by atoms with Crippen molar-refractivity contribution in [3.8, 4) is 0 Å². The number of hydrogen-bond acceptors (Lipinski definition) is 4. The standard InChI is InChI=1S/C22H26FN3O3S/c23-19-9-3-4-10-20(19)24-14-16-25(17-15-24)22(27)18-8-2-5-11-21(18)30(28,29)26-12-6-1-7-13-26/h2-5,8-11H,1,6-7,12-17H2. The van der Waals surface area contributed by atoms with Crippen LogP contribution >= 0.6 is 0 Å². The van der Waals surface area contributed by atoms with Crippen molar-refractivity contribution in [2.75, 3.05) is 44.2 Å². The molecule has 6 nitrogen and oxygen atoms in total. The highest BCUT2D eigenvalue weighted by atomic mass is 32.2. The smallest absolute Gasteiger partial charge is 0.255 e. The van der Waals surface area contributed by atoms with Gasteiger partial charge in [0, 0.05) is 39.3 Å². The lowest BCUT2D eigenvalue weighted by molar-refractivity contribution is 0.0742. The maximum Gasteiger partial charge on any atom is 0.255 e. The Labute approximate surface area is 176 Å². The molecule has 0 atom stereocenters. The van der Waals surface area contributed by atoms with Gasteiger partial charge in [-0.1, -0.05) is 30.7 Å². The van der Waals surface area contributed by atoms with Crippen molar-refractivity contribution in [3.63, 3.8) is 0 Å². The van der Waals surface area contributed by atoms with Crippen LogP contribution in [0.3, 0.4) is 0 Å². The largest absolute Gasteiger partial charge is 0.366 e. The number of piperidine rings is 1. The topological polar surface area (TPSA) is 60.9 Å². The molecule has 0 spiro atoms. The monoisotopic (exact) mass is 431 g/mol. The summed E-state index contributed by atoms with van der Waals surface area (Å²) >= 11 is 0. The first kappa shape index (κ1) is 20.8. The number of nitrogens with zero attached hydrogens (tertiary/aromatic N) is 3. The van der Waals surface area contributed by atoms with E-state index < -0.39 is 10.0 Å². The Balaban J connectivity index is 1.52. The van der Waals surface area contributed by atoms with Gasteiger partial charge in [0.15, 0.2) is 0 Å². The third-order valence-corrected chi connectivity index (χ3v) is 7.77. The number of anilines is 1. The Morgan fingerprint density at radius 2 is 1.43 bits per heavy atom. The van der Waals surface area contributed by atoms with Gasteiger partial charge in [0.05, 0.1) is 16.1 Å². The second-order valence-corrected chi connectivity index (χ2v) is 9.60. The third kappa shape index (κ3) is 4.06. The molecule has 0 aliphatic carbocycles. The molecule has 0 N–H and O–H groups in total. The first-order valence-corrected chi connectivity index (χ1v) is 11.8. The van der Waals surface area contributed by atoms with Crippen LogP contribution < -0.4 is 4.90 Å². The van der Waals surface area contributed by atoms with Crippen LogP contribution in [0.2, 0.25) is 0 Å². The highest BCUT2D eigenvalue weighted by molar-refractivity contribution is 7.89. The third-order valence-electron chi connectivity index (χ3n) is 5.81. The average molecular weight is 432 g/mol. The molecular weight excluding hydrogens is 405 g/mol. The van der Waals surface area contributed by atoms with Crippen LogP contribution in [-0.4, -0.2) is 62.8 Å². The maximum absolute atomic E-state index is 14.1. The number of piperazine rings is 1. The number of para-hydroxylation sites is 1. The van der Waals surface area contributed by atoms with E-state index >= 15 is 0 Å². The van der Waals surface area contributed by atoms with Crippen LogP contribution in [0.1, 0.15) is 29.6 Å². The van der Waals surface area contributed by atoms with E-state index in [4.69, 9.17) is 0 Å². The maximum atomic E-state index is 14.1. The Kier molecular flexibility index (Phi) is 6.06. The number of carbonyl (C=O) groups is 1. The molecule has 0 aromatic heterocycles. The second kappa shape index (κ2) is 8.73. The predicted octanol–water partition coefficient (Wildman–Crippen LogP) is 2.96. The molecule has 2 aliphatic rings. The molecule has 8 heteroatoms. The van der Waals surface area contributed by atoms with Gasteiger partial charge < -0.3 is 9.80 Å². The lowest BCUT2D eigenvalue weighted by atomic mass is 10.1. The van der Waals surface area contributed by atoms with Crippen LogP contribution in [0.25, 0.3) is 0 Å². The van der Waals surface area contributed by atoms with Gasteiger partial charge in [-0.05, 0) is 37.1 Å². The van der Waals surface area contributed by atoms with E-state index in [1.807, 2.05) is 4.90 Å². The quantitative estimate of drug-likeness (QED) is 0.747. The molecule has 2 heterocycles. The number of benzene rings is 2. The minimum absolute atomic E-state index is 0.0773. The fourth-order valence-electron chi connectivity index (χ4n) is 4.14. The van der Waals surface area contributed by atoms with Gasteiger partial charge in [0.1, 0.15) is 5.82 Å². The summed E-state index contributed by atoms with van der Waals surface area (Å²) in [6, 6.07) is 13.1. The van der Waals surface area contributed by atoms with Crippen molar-refractivity contribution >= 4 is 21.6 Å². The molecule has 2 aliphatic heterocycles. The Hall–Kier alpha value is -2.45. The number of halogens is 1. The number of amides is 1. The summed E-state index contributed by atoms with van der Waals surface area (Å²) in [5, 5.41) is 0. The molecule has 4 rings (SSSR count). The van der Waals surface area contributed by atoms with Gasteiger partial charge in [-0.15, -0.1) is 0 Å². The lowest BCUT2D eigenvalue weighted by Crippen LogP contribution is -2.49. The van der Waals surface area contributed by atoms with E-state index in [0.717, 1.165) is 19.3 Å². The molecule has 0 unspecified atom stereocenters. The summed E-state index contributed by atoms with van der Waals surface area (Å²) in [6.07, 6.45) is 2.71. The highest BCUT2D eigenvalue weighted by Gasteiger charge is 2.32. The Morgan fingerprint density at radius 1 is 0.800 bits per heavy atom. The van der Waals surface area contributed by atoms with Gasteiger partial charge in [0.2, 0.25) is 10.0 Å². The zero-order chi connectivity index (χ0) is 21.1. The Morgan fingerprint density at radius 3 is 2.13 bits per heavy atom. The molecule has 30 heavy (non-hydrogen) atoms. The van der Waals surface area contributed by atoms with Crippen molar-refractivity contribution in [1.82, 2.24) is 9.21 Å². The van der Waals surface area contributed by atoms with Crippen LogP contribution in [-0.2, 0) is 10.0 Å². The molecule has 2 saturated heterocycles. The van der Waals surface area contributed by atoms with Crippen molar-refractivity contribution in [2.45, 2.75) is 24.2 Å². The van der Waals surface area contributed by atoms with Gasteiger partial charge in [-0.3, -0.25) is 4.79 Å².